The summed E-state index contributed by atoms with van der Waals surface area (Å²) in [6.45, 7) is 11.7. The van der Waals surface area contributed by atoms with E-state index in [-0.39, 0.29) is 6.10 Å². The third-order valence-corrected chi connectivity index (χ3v) is 7.97. The second-order valence-electron chi connectivity index (χ2n) is 12.9. The normalized spacial score (nSPS) is 15.0. The highest BCUT2D eigenvalue weighted by Crippen LogP contribution is 2.08. The van der Waals surface area contributed by atoms with Gasteiger partial charge in [-0.3, -0.25) is 4.90 Å². The van der Waals surface area contributed by atoms with Gasteiger partial charge in [-0.2, -0.15) is 0 Å². The molecule has 0 amide bonds. The van der Waals surface area contributed by atoms with Crippen LogP contribution >= 0.6 is 0 Å². The lowest BCUT2D eigenvalue weighted by atomic mass is 10.1. The van der Waals surface area contributed by atoms with Crippen LogP contribution in [0.4, 0.5) is 0 Å². The van der Waals surface area contributed by atoms with E-state index >= 15 is 0 Å². The van der Waals surface area contributed by atoms with Gasteiger partial charge in [0.2, 0.25) is 0 Å². The first-order valence-electron chi connectivity index (χ1n) is 19.0. The number of allylic oxidation sites excluding steroid dienone is 12. The van der Waals surface area contributed by atoms with Gasteiger partial charge in [-0.25, -0.2) is 0 Å². The molecular weight excluding hydrogens is 582 g/mol. The molecule has 0 aromatic carbocycles. The minimum absolute atomic E-state index is 0.334. The van der Waals surface area contributed by atoms with Gasteiger partial charge in [0.05, 0.1) is 18.3 Å². The van der Waals surface area contributed by atoms with Gasteiger partial charge in [-0.1, -0.05) is 113 Å². The summed E-state index contributed by atoms with van der Waals surface area (Å²) in [7, 11) is 2.11. The molecule has 6 nitrogen and oxygen atoms in total. The van der Waals surface area contributed by atoms with E-state index in [9.17, 15) is 15.3 Å². The molecule has 0 aliphatic carbocycles. The minimum Gasteiger partial charge on any atom is -0.392 e. The molecule has 0 heterocycles. The van der Waals surface area contributed by atoms with E-state index in [4.69, 9.17) is 0 Å². The van der Waals surface area contributed by atoms with Crippen LogP contribution in [0.5, 0.6) is 0 Å². The van der Waals surface area contributed by atoms with E-state index < -0.39 is 12.2 Å². The van der Waals surface area contributed by atoms with Crippen molar-refractivity contribution in [2.24, 2.45) is 0 Å². The predicted molar refractivity (Wildman–Crippen MR) is 206 cm³/mol. The molecule has 0 aliphatic rings. The fourth-order valence-electron chi connectivity index (χ4n) is 4.99. The summed E-state index contributed by atoms with van der Waals surface area (Å²) in [6.07, 6.45) is 39.9. The van der Waals surface area contributed by atoms with Crippen LogP contribution in [-0.2, 0) is 0 Å². The Balaban J connectivity index is 4.57. The predicted octanol–water partition coefficient (Wildman–Crippen LogP) is 8.14. The van der Waals surface area contributed by atoms with Crippen molar-refractivity contribution in [1.82, 2.24) is 15.1 Å². The Morgan fingerprint density at radius 3 is 1.28 bits per heavy atom. The Hall–Kier alpha value is -1.80. The molecular formula is C41H75N3O3. The van der Waals surface area contributed by atoms with Gasteiger partial charge >= 0.3 is 0 Å². The van der Waals surface area contributed by atoms with Crippen molar-refractivity contribution in [3.05, 3.63) is 72.9 Å². The first-order chi connectivity index (χ1) is 22.9. The van der Waals surface area contributed by atoms with Crippen molar-refractivity contribution < 1.29 is 15.3 Å². The highest BCUT2D eigenvalue weighted by molar-refractivity contribution is 4.94. The summed E-state index contributed by atoms with van der Waals surface area (Å²) in [5, 5.41) is 35.4. The molecule has 0 fully saturated rings. The highest BCUT2D eigenvalue weighted by atomic mass is 16.3. The number of unbranched alkanes of at least 4 members (excludes halogenated alkanes) is 3. The molecule has 0 aliphatic heterocycles. The zero-order chi connectivity index (χ0) is 34.6. The summed E-state index contributed by atoms with van der Waals surface area (Å²) in [5.41, 5.74) is 0. The standard InChI is InChI=1S/C41H75N3O3/c1-5-8-11-14-17-20-23-26-29-39(45)36-42-32-33-43(4)34-35-44(37-40(46)30-27-24-21-18-15-12-9-6-2)38-41(47)31-28-25-22-19-16-13-10-7-3/h11-16,20-25,39-42,45-47H,5-10,17-19,26-38H2,1-4H3/b14-11-,15-12-,16-13-,23-20-,24-21-,25-22-. The maximum Gasteiger partial charge on any atom is 0.0670 e. The van der Waals surface area contributed by atoms with Crippen LogP contribution in [0.1, 0.15) is 117 Å². The highest BCUT2D eigenvalue weighted by Gasteiger charge is 2.16. The number of nitrogens with one attached hydrogen (secondary N) is 1. The van der Waals surface area contributed by atoms with Crippen LogP contribution in [0.25, 0.3) is 0 Å². The van der Waals surface area contributed by atoms with E-state index in [1.165, 1.54) is 19.3 Å². The number of nitrogens with zero attached hydrogens (tertiary/aromatic N) is 2. The summed E-state index contributed by atoms with van der Waals surface area (Å²) < 4.78 is 0. The van der Waals surface area contributed by atoms with Crippen molar-refractivity contribution >= 4 is 0 Å². The zero-order valence-corrected chi connectivity index (χ0v) is 31.0. The molecule has 3 atom stereocenters. The largest absolute Gasteiger partial charge is 0.392 e. The molecule has 0 radical (unpaired) electrons. The number of aliphatic hydroxyl groups is 3. The van der Waals surface area contributed by atoms with Crippen LogP contribution in [0.2, 0.25) is 0 Å². The second-order valence-corrected chi connectivity index (χ2v) is 12.9. The van der Waals surface area contributed by atoms with Gasteiger partial charge in [0.1, 0.15) is 0 Å². The molecule has 0 rings (SSSR count). The van der Waals surface area contributed by atoms with Crippen LogP contribution in [0.3, 0.4) is 0 Å². The molecule has 0 aromatic rings. The van der Waals surface area contributed by atoms with Crippen LogP contribution in [-0.4, -0.2) is 96.3 Å². The van der Waals surface area contributed by atoms with E-state index in [1.807, 2.05) is 0 Å². The van der Waals surface area contributed by atoms with Crippen molar-refractivity contribution in [3.8, 4) is 0 Å². The molecule has 47 heavy (non-hydrogen) atoms. The fraction of sp³-hybridized carbons (Fsp3) is 0.707. The molecule has 4 N–H and O–H groups in total. The quantitative estimate of drug-likeness (QED) is 0.0422. The third kappa shape index (κ3) is 33.9. The van der Waals surface area contributed by atoms with Crippen molar-refractivity contribution in [2.45, 2.75) is 135 Å². The Bertz CT molecular complexity index is 796. The maximum absolute atomic E-state index is 10.8. The van der Waals surface area contributed by atoms with E-state index in [1.54, 1.807) is 0 Å². The smallest absolute Gasteiger partial charge is 0.0670 e. The number of likely N-dealkylation sites (N-methyl/N-ethyl adjacent to an activating group) is 1. The molecule has 0 spiro atoms. The zero-order valence-electron chi connectivity index (χ0n) is 31.0. The Morgan fingerprint density at radius 1 is 0.489 bits per heavy atom. The summed E-state index contributed by atoms with van der Waals surface area (Å²) in [6, 6.07) is 0. The van der Waals surface area contributed by atoms with E-state index in [2.05, 4.69) is 116 Å². The molecule has 272 valence electrons. The molecule has 3 unspecified atom stereocenters. The SMILES string of the molecule is CCC/C=C\C/C=C\CCC(O)CNCCN(C)CCN(CC(O)CC/C=C\C/C=C\CCC)CC(O)CC/C=C\C/C=C\CCC. The summed E-state index contributed by atoms with van der Waals surface area (Å²) in [4.78, 5) is 4.51. The van der Waals surface area contributed by atoms with Gasteiger partial charge in [0.15, 0.2) is 0 Å². The van der Waals surface area contributed by atoms with Gasteiger partial charge < -0.3 is 25.5 Å². The van der Waals surface area contributed by atoms with Crippen LogP contribution in [0.15, 0.2) is 72.9 Å². The average Bonchev–Trinajstić information content (AvgIpc) is 3.05. The lowest BCUT2D eigenvalue weighted by Crippen LogP contribution is -2.43. The number of rotatable bonds is 33. The van der Waals surface area contributed by atoms with Crippen molar-refractivity contribution in [2.75, 3.05) is 52.9 Å². The average molecular weight is 658 g/mol. The Labute approximate surface area is 291 Å². The first-order valence-corrected chi connectivity index (χ1v) is 19.0. The minimum atomic E-state index is -0.418. The second kappa shape index (κ2) is 35.5. The van der Waals surface area contributed by atoms with Gasteiger partial charge in [-0.15, -0.1) is 0 Å². The topological polar surface area (TPSA) is 79.2 Å². The maximum atomic E-state index is 10.8. The molecule has 0 aromatic heterocycles. The van der Waals surface area contributed by atoms with E-state index in [0.29, 0.717) is 19.6 Å². The first kappa shape index (κ1) is 45.2. The van der Waals surface area contributed by atoms with Gasteiger partial charge in [0.25, 0.3) is 0 Å². The van der Waals surface area contributed by atoms with Gasteiger partial charge in [-0.05, 0) is 84.1 Å². The van der Waals surface area contributed by atoms with E-state index in [0.717, 1.165) is 103 Å². The molecule has 0 bridgehead atoms. The van der Waals surface area contributed by atoms with Crippen molar-refractivity contribution in [1.29, 1.82) is 0 Å². The third-order valence-electron chi connectivity index (χ3n) is 7.97. The van der Waals surface area contributed by atoms with Crippen LogP contribution < -0.4 is 5.32 Å². The number of aliphatic hydroxyl groups excluding tert-OH is 3. The number of hydrogen-bond acceptors (Lipinski definition) is 6. The molecule has 6 heteroatoms. The molecule has 0 saturated heterocycles. The summed E-state index contributed by atoms with van der Waals surface area (Å²) >= 11 is 0. The lowest BCUT2D eigenvalue weighted by Gasteiger charge is -2.29. The Morgan fingerprint density at radius 2 is 0.872 bits per heavy atom. The Kier molecular flexibility index (Phi) is 34.1. The monoisotopic (exact) mass is 658 g/mol. The lowest BCUT2D eigenvalue weighted by molar-refractivity contribution is 0.0590. The van der Waals surface area contributed by atoms with Gasteiger partial charge in [0, 0.05) is 45.8 Å². The molecule has 0 saturated carbocycles. The summed E-state index contributed by atoms with van der Waals surface area (Å²) in [5.74, 6) is 0. The van der Waals surface area contributed by atoms with Crippen LogP contribution in [0, 0.1) is 0 Å². The number of hydrogen-bond donors (Lipinski definition) is 4. The van der Waals surface area contributed by atoms with Crippen molar-refractivity contribution in [3.63, 3.8) is 0 Å². The fourth-order valence-corrected chi connectivity index (χ4v) is 4.99.